The number of anilines is 1. The molecule has 0 saturated carbocycles. The highest BCUT2D eigenvalue weighted by Gasteiger charge is 2.27. The number of hydrogen-bond donors (Lipinski definition) is 0. The Hall–Kier alpha value is -1.73. The first-order valence-electron chi connectivity index (χ1n) is 10.5. The van der Waals surface area contributed by atoms with E-state index in [9.17, 15) is 4.79 Å². The SMILES string of the molecule is CCC(C)c1nc(N2CCN(C(=O)COC)CC2)c2c3c(sc2n1)CCCC3. The molecule has 0 spiro atoms. The number of carbonyl (C=O) groups is 1. The molecule has 7 heteroatoms. The van der Waals surface area contributed by atoms with Crippen LogP contribution in [0.4, 0.5) is 5.82 Å². The number of carbonyl (C=O) groups excluding carboxylic acids is 1. The maximum atomic E-state index is 12.1. The van der Waals surface area contributed by atoms with Crippen molar-refractivity contribution in [3.63, 3.8) is 0 Å². The molecule has 4 rings (SSSR count). The predicted octanol–water partition coefficient (Wildman–Crippen LogP) is 3.38. The first-order valence-corrected chi connectivity index (χ1v) is 11.3. The number of methoxy groups -OCH3 is 1. The Kier molecular flexibility index (Phi) is 5.83. The third-order valence-corrected chi connectivity index (χ3v) is 7.25. The summed E-state index contributed by atoms with van der Waals surface area (Å²) in [7, 11) is 1.57. The Morgan fingerprint density at radius 1 is 1.18 bits per heavy atom. The van der Waals surface area contributed by atoms with E-state index in [0.717, 1.165) is 55.5 Å². The number of aryl methyl sites for hydroxylation is 2. The van der Waals surface area contributed by atoms with Crippen LogP contribution in [0.15, 0.2) is 0 Å². The van der Waals surface area contributed by atoms with Crippen LogP contribution in [-0.2, 0) is 22.4 Å². The van der Waals surface area contributed by atoms with Crippen molar-refractivity contribution in [1.29, 1.82) is 0 Å². The molecule has 6 nitrogen and oxygen atoms in total. The van der Waals surface area contributed by atoms with Crippen molar-refractivity contribution in [2.75, 3.05) is 44.8 Å². The highest BCUT2D eigenvalue weighted by Crippen LogP contribution is 2.40. The van der Waals surface area contributed by atoms with Crippen LogP contribution in [-0.4, -0.2) is 60.7 Å². The summed E-state index contributed by atoms with van der Waals surface area (Å²) in [6.07, 6.45) is 5.88. The number of rotatable bonds is 5. The first kappa shape index (κ1) is 19.6. The fourth-order valence-electron chi connectivity index (χ4n) is 4.17. The van der Waals surface area contributed by atoms with Crippen LogP contribution in [0, 0.1) is 0 Å². The molecule has 1 atom stereocenters. The van der Waals surface area contributed by atoms with Crippen molar-refractivity contribution in [3.8, 4) is 0 Å². The number of nitrogens with zero attached hydrogens (tertiary/aromatic N) is 4. The van der Waals surface area contributed by atoms with Crippen molar-refractivity contribution in [3.05, 3.63) is 16.3 Å². The molecule has 1 unspecified atom stereocenters. The van der Waals surface area contributed by atoms with Gasteiger partial charge in [0.1, 0.15) is 23.1 Å². The molecule has 1 saturated heterocycles. The molecule has 1 fully saturated rings. The molecule has 1 amide bonds. The lowest BCUT2D eigenvalue weighted by molar-refractivity contribution is -0.135. The van der Waals surface area contributed by atoms with Gasteiger partial charge in [-0.15, -0.1) is 11.3 Å². The zero-order chi connectivity index (χ0) is 19.7. The van der Waals surface area contributed by atoms with Gasteiger partial charge >= 0.3 is 0 Å². The topological polar surface area (TPSA) is 58.6 Å². The van der Waals surface area contributed by atoms with Gasteiger partial charge in [0.15, 0.2) is 0 Å². The Morgan fingerprint density at radius 2 is 1.93 bits per heavy atom. The van der Waals surface area contributed by atoms with E-state index in [-0.39, 0.29) is 12.5 Å². The lowest BCUT2D eigenvalue weighted by Crippen LogP contribution is -2.50. The van der Waals surface area contributed by atoms with Crippen LogP contribution < -0.4 is 4.90 Å². The lowest BCUT2D eigenvalue weighted by atomic mass is 9.96. The van der Waals surface area contributed by atoms with Crippen LogP contribution in [0.2, 0.25) is 0 Å². The van der Waals surface area contributed by atoms with Crippen LogP contribution in [0.3, 0.4) is 0 Å². The second kappa shape index (κ2) is 8.33. The quantitative estimate of drug-likeness (QED) is 0.767. The van der Waals surface area contributed by atoms with Crippen molar-refractivity contribution in [2.24, 2.45) is 0 Å². The molecule has 2 aromatic rings. The molecule has 0 aromatic carbocycles. The Balaban J connectivity index is 1.69. The average Bonchev–Trinajstić information content (AvgIpc) is 3.11. The second-order valence-corrected chi connectivity index (χ2v) is 8.99. The van der Waals surface area contributed by atoms with Gasteiger partial charge in [-0.2, -0.15) is 0 Å². The maximum Gasteiger partial charge on any atom is 0.248 e. The molecule has 1 aliphatic heterocycles. The normalized spacial score (nSPS) is 18.4. The van der Waals surface area contributed by atoms with Gasteiger partial charge in [0.2, 0.25) is 5.91 Å². The van der Waals surface area contributed by atoms with Gasteiger partial charge in [-0.3, -0.25) is 4.79 Å². The van der Waals surface area contributed by atoms with E-state index >= 15 is 0 Å². The molecule has 1 aliphatic carbocycles. The summed E-state index contributed by atoms with van der Waals surface area (Å²) in [6.45, 7) is 7.63. The van der Waals surface area contributed by atoms with Crippen molar-refractivity contribution >= 4 is 33.3 Å². The standard InChI is InChI=1S/C21H30N4O2S/c1-4-14(2)19-22-20(25-11-9-24(10-12-25)17(26)13-27-3)18-15-7-5-6-8-16(15)28-21(18)23-19/h14H,4-13H2,1-3H3. The number of aromatic nitrogens is 2. The minimum Gasteiger partial charge on any atom is -0.375 e. The van der Waals surface area contributed by atoms with Crippen molar-refractivity contribution < 1.29 is 9.53 Å². The number of amides is 1. The highest BCUT2D eigenvalue weighted by molar-refractivity contribution is 7.19. The van der Waals surface area contributed by atoms with Gasteiger partial charge in [-0.1, -0.05) is 13.8 Å². The lowest BCUT2D eigenvalue weighted by Gasteiger charge is -2.36. The molecule has 2 aliphatic rings. The van der Waals surface area contributed by atoms with E-state index in [1.165, 1.54) is 35.1 Å². The highest BCUT2D eigenvalue weighted by atomic mass is 32.1. The number of fused-ring (bicyclic) bond motifs is 3. The van der Waals surface area contributed by atoms with E-state index < -0.39 is 0 Å². The van der Waals surface area contributed by atoms with E-state index in [2.05, 4.69) is 18.7 Å². The van der Waals surface area contributed by atoms with Gasteiger partial charge in [-0.05, 0) is 37.7 Å². The van der Waals surface area contributed by atoms with E-state index in [1.54, 1.807) is 7.11 Å². The fraction of sp³-hybridized carbons (Fsp3) is 0.667. The minimum absolute atomic E-state index is 0.0724. The van der Waals surface area contributed by atoms with Gasteiger partial charge in [0, 0.05) is 44.1 Å². The van der Waals surface area contributed by atoms with Crippen LogP contribution >= 0.6 is 11.3 Å². The summed E-state index contributed by atoms with van der Waals surface area (Å²) in [5.41, 5.74) is 1.48. The molecule has 0 radical (unpaired) electrons. The van der Waals surface area contributed by atoms with Gasteiger partial charge in [0.25, 0.3) is 0 Å². The minimum atomic E-state index is 0.0724. The third kappa shape index (κ3) is 3.62. The molecule has 0 N–H and O–H groups in total. The van der Waals surface area contributed by atoms with E-state index in [4.69, 9.17) is 14.7 Å². The smallest absolute Gasteiger partial charge is 0.248 e. The Bertz CT molecular complexity index is 858. The van der Waals surface area contributed by atoms with Crippen molar-refractivity contribution in [1.82, 2.24) is 14.9 Å². The Labute approximate surface area is 170 Å². The summed E-state index contributed by atoms with van der Waals surface area (Å²) < 4.78 is 5.01. The second-order valence-electron chi connectivity index (χ2n) is 7.91. The zero-order valence-corrected chi connectivity index (χ0v) is 18.0. The molecule has 28 heavy (non-hydrogen) atoms. The molecular weight excluding hydrogens is 372 g/mol. The van der Waals surface area contributed by atoms with E-state index in [0.29, 0.717) is 5.92 Å². The van der Waals surface area contributed by atoms with Crippen LogP contribution in [0.5, 0.6) is 0 Å². The molecular formula is C21H30N4O2S. The molecule has 152 valence electrons. The summed E-state index contributed by atoms with van der Waals surface area (Å²) in [5, 5.41) is 1.28. The zero-order valence-electron chi connectivity index (χ0n) is 17.2. The number of piperazine rings is 1. The van der Waals surface area contributed by atoms with Gasteiger partial charge in [0.05, 0.1) is 5.39 Å². The van der Waals surface area contributed by atoms with Crippen molar-refractivity contribution in [2.45, 2.75) is 51.9 Å². The monoisotopic (exact) mass is 402 g/mol. The number of ether oxygens (including phenoxy) is 1. The first-order chi connectivity index (χ1) is 13.6. The maximum absolute atomic E-state index is 12.1. The van der Waals surface area contributed by atoms with Crippen LogP contribution in [0.25, 0.3) is 10.2 Å². The van der Waals surface area contributed by atoms with Gasteiger partial charge in [-0.25, -0.2) is 9.97 Å². The van der Waals surface area contributed by atoms with Gasteiger partial charge < -0.3 is 14.5 Å². The molecule has 0 bridgehead atoms. The predicted molar refractivity (Wildman–Crippen MR) is 113 cm³/mol. The molecule has 2 aromatic heterocycles. The summed E-state index contributed by atoms with van der Waals surface area (Å²) in [5.74, 6) is 2.48. The summed E-state index contributed by atoms with van der Waals surface area (Å²) in [4.78, 5) is 29.1. The van der Waals surface area contributed by atoms with E-state index in [1.807, 2.05) is 16.2 Å². The number of hydrogen-bond acceptors (Lipinski definition) is 6. The average molecular weight is 403 g/mol. The summed E-state index contributed by atoms with van der Waals surface area (Å²) in [6, 6.07) is 0. The third-order valence-electron chi connectivity index (χ3n) is 6.07. The Morgan fingerprint density at radius 3 is 2.64 bits per heavy atom. The summed E-state index contributed by atoms with van der Waals surface area (Å²) >= 11 is 1.87. The fourth-order valence-corrected chi connectivity index (χ4v) is 5.43. The molecule has 3 heterocycles. The number of thiophene rings is 1. The van der Waals surface area contributed by atoms with Crippen LogP contribution in [0.1, 0.15) is 55.3 Å². The largest absolute Gasteiger partial charge is 0.375 e.